The van der Waals surface area contributed by atoms with E-state index in [4.69, 9.17) is 10.00 Å². The predicted octanol–water partition coefficient (Wildman–Crippen LogP) is 0.935. The van der Waals surface area contributed by atoms with Crippen LogP contribution in [-0.2, 0) is 9.53 Å². The molecule has 1 amide bonds. The molecule has 96 valence electrons. The van der Waals surface area contributed by atoms with Crippen LogP contribution >= 0.6 is 0 Å². The molecule has 17 heavy (non-hydrogen) atoms. The van der Waals surface area contributed by atoms with E-state index in [-0.39, 0.29) is 17.5 Å². The number of hydrogen-bond acceptors (Lipinski definition) is 4. The fraction of sp³-hybridized carbons (Fsp3) is 0.667. The predicted molar refractivity (Wildman–Crippen MR) is 66.1 cm³/mol. The molecule has 0 aliphatic heterocycles. The van der Waals surface area contributed by atoms with E-state index in [1.165, 1.54) is 6.20 Å². The molecule has 0 aromatic rings. The van der Waals surface area contributed by atoms with Crippen molar-refractivity contribution in [2.45, 2.75) is 32.7 Å². The van der Waals surface area contributed by atoms with E-state index in [1.54, 1.807) is 7.11 Å². The van der Waals surface area contributed by atoms with Gasteiger partial charge in [0.1, 0.15) is 11.6 Å². The third-order valence-corrected chi connectivity index (χ3v) is 2.30. The number of ether oxygens (including phenoxy) is 1. The highest BCUT2D eigenvalue weighted by atomic mass is 16.5. The maximum absolute atomic E-state index is 11.6. The number of nitrogens with zero attached hydrogens (tertiary/aromatic N) is 1. The molecule has 0 aliphatic rings. The molecule has 0 heterocycles. The summed E-state index contributed by atoms with van der Waals surface area (Å²) in [6, 6.07) is 2.13. The molecule has 0 aliphatic carbocycles. The summed E-state index contributed by atoms with van der Waals surface area (Å²) in [6.07, 6.45) is 3.14. The van der Waals surface area contributed by atoms with Gasteiger partial charge in [-0.3, -0.25) is 4.79 Å². The van der Waals surface area contributed by atoms with Gasteiger partial charge in [0.15, 0.2) is 0 Å². The molecule has 0 saturated carbocycles. The van der Waals surface area contributed by atoms with Gasteiger partial charge in [0.25, 0.3) is 5.91 Å². The second-order valence-corrected chi connectivity index (χ2v) is 3.75. The first-order chi connectivity index (χ1) is 8.15. The van der Waals surface area contributed by atoms with Crippen LogP contribution in [0.5, 0.6) is 0 Å². The van der Waals surface area contributed by atoms with Gasteiger partial charge < -0.3 is 15.4 Å². The van der Waals surface area contributed by atoms with Crippen LogP contribution in [-0.4, -0.2) is 32.2 Å². The maximum atomic E-state index is 11.6. The van der Waals surface area contributed by atoms with Gasteiger partial charge in [-0.2, -0.15) is 5.26 Å². The Kier molecular flexibility index (Phi) is 8.79. The van der Waals surface area contributed by atoms with Crippen molar-refractivity contribution in [2.75, 3.05) is 20.3 Å². The second-order valence-electron chi connectivity index (χ2n) is 3.75. The third-order valence-electron chi connectivity index (χ3n) is 2.30. The highest BCUT2D eigenvalue weighted by molar-refractivity contribution is 5.97. The summed E-state index contributed by atoms with van der Waals surface area (Å²) >= 11 is 0. The Hall–Kier alpha value is -1.54. The minimum atomic E-state index is -0.348. The van der Waals surface area contributed by atoms with E-state index in [0.29, 0.717) is 13.2 Å². The lowest BCUT2D eigenvalue weighted by Crippen LogP contribution is -2.28. The molecule has 0 spiro atoms. The van der Waals surface area contributed by atoms with E-state index in [1.807, 2.05) is 19.9 Å². The minimum absolute atomic E-state index is 0.0997. The average Bonchev–Trinajstić information content (AvgIpc) is 2.35. The van der Waals surface area contributed by atoms with Gasteiger partial charge >= 0.3 is 0 Å². The first-order valence-corrected chi connectivity index (χ1v) is 5.79. The number of nitriles is 1. The van der Waals surface area contributed by atoms with Crippen LogP contribution in [0.2, 0.25) is 0 Å². The van der Waals surface area contributed by atoms with Gasteiger partial charge in [-0.1, -0.05) is 6.92 Å². The van der Waals surface area contributed by atoms with Crippen LogP contribution in [0.15, 0.2) is 11.8 Å². The molecule has 0 fully saturated rings. The Labute approximate surface area is 103 Å². The van der Waals surface area contributed by atoms with Gasteiger partial charge in [-0.25, -0.2) is 0 Å². The zero-order valence-electron chi connectivity index (χ0n) is 10.7. The molecule has 0 saturated heterocycles. The normalized spacial score (nSPS) is 12.7. The first-order valence-electron chi connectivity index (χ1n) is 5.79. The Morgan fingerprint density at radius 3 is 2.82 bits per heavy atom. The molecule has 0 aromatic heterocycles. The molecule has 0 bridgehead atoms. The summed E-state index contributed by atoms with van der Waals surface area (Å²) in [7, 11) is 1.61. The van der Waals surface area contributed by atoms with E-state index < -0.39 is 0 Å². The van der Waals surface area contributed by atoms with Gasteiger partial charge in [-0.05, 0) is 19.8 Å². The lowest BCUT2D eigenvalue weighted by molar-refractivity contribution is -0.117. The molecule has 1 atom stereocenters. The minimum Gasteiger partial charge on any atom is -0.387 e. The molecular weight excluding hydrogens is 218 g/mol. The Balaban J connectivity index is 4.08. The molecule has 0 rings (SSSR count). The Bertz CT molecular complexity index is 295. The fourth-order valence-electron chi connectivity index (χ4n) is 1.01. The summed E-state index contributed by atoms with van der Waals surface area (Å²) in [4.78, 5) is 11.6. The topological polar surface area (TPSA) is 74.2 Å². The number of rotatable bonds is 8. The summed E-state index contributed by atoms with van der Waals surface area (Å²) in [5.74, 6) is -0.348. The monoisotopic (exact) mass is 239 g/mol. The quantitative estimate of drug-likeness (QED) is 0.375. The highest BCUT2D eigenvalue weighted by Gasteiger charge is 2.07. The summed E-state index contributed by atoms with van der Waals surface area (Å²) in [5, 5.41) is 14.5. The van der Waals surface area contributed by atoms with Crippen LogP contribution in [0.3, 0.4) is 0 Å². The second kappa shape index (κ2) is 9.67. The van der Waals surface area contributed by atoms with Crippen molar-refractivity contribution in [3.05, 3.63) is 11.8 Å². The average molecular weight is 239 g/mol. The smallest absolute Gasteiger partial charge is 0.263 e. The van der Waals surface area contributed by atoms with Crippen molar-refractivity contribution in [3.8, 4) is 6.07 Å². The van der Waals surface area contributed by atoms with Crippen molar-refractivity contribution < 1.29 is 9.53 Å². The lowest BCUT2D eigenvalue weighted by Gasteiger charge is -2.09. The SMILES string of the molecule is CCC(C)N/C=C(/C#N)C(=O)NCCCOC. The van der Waals surface area contributed by atoms with Crippen LogP contribution < -0.4 is 10.6 Å². The summed E-state index contributed by atoms with van der Waals surface area (Å²) < 4.78 is 4.86. The summed E-state index contributed by atoms with van der Waals surface area (Å²) in [6.45, 7) is 5.12. The number of hydrogen-bond donors (Lipinski definition) is 2. The Morgan fingerprint density at radius 2 is 2.29 bits per heavy atom. The van der Waals surface area contributed by atoms with Crippen molar-refractivity contribution in [2.24, 2.45) is 0 Å². The van der Waals surface area contributed by atoms with Crippen LogP contribution in [0.4, 0.5) is 0 Å². The van der Waals surface area contributed by atoms with Gasteiger partial charge in [-0.15, -0.1) is 0 Å². The zero-order chi connectivity index (χ0) is 13.1. The number of carbonyl (C=O) groups is 1. The number of amides is 1. The standard InChI is InChI=1S/C12H21N3O2/c1-4-10(2)15-9-11(8-13)12(16)14-6-5-7-17-3/h9-10,15H,4-7H2,1-3H3,(H,14,16)/b11-9-. The van der Waals surface area contributed by atoms with Crippen molar-refractivity contribution >= 4 is 5.91 Å². The van der Waals surface area contributed by atoms with E-state index in [0.717, 1.165) is 12.8 Å². The summed E-state index contributed by atoms with van der Waals surface area (Å²) in [5.41, 5.74) is 0.0997. The number of carbonyl (C=O) groups excluding carboxylic acids is 1. The van der Waals surface area contributed by atoms with Gasteiger partial charge in [0.05, 0.1) is 0 Å². The van der Waals surface area contributed by atoms with Crippen LogP contribution in [0.1, 0.15) is 26.7 Å². The van der Waals surface area contributed by atoms with Crippen molar-refractivity contribution in [3.63, 3.8) is 0 Å². The number of nitrogens with one attached hydrogen (secondary N) is 2. The molecule has 5 nitrogen and oxygen atoms in total. The molecule has 2 N–H and O–H groups in total. The largest absolute Gasteiger partial charge is 0.387 e. The molecule has 0 aromatic carbocycles. The Morgan fingerprint density at radius 1 is 1.59 bits per heavy atom. The first kappa shape index (κ1) is 15.5. The van der Waals surface area contributed by atoms with Crippen molar-refractivity contribution in [1.82, 2.24) is 10.6 Å². The van der Waals surface area contributed by atoms with Gasteiger partial charge in [0, 0.05) is 32.5 Å². The van der Waals surface area contributed by atoms with Crippen LogP contribution in [0.25, 0.3) is 0 Å². The lowest BCUT2D eigenvalue weighted by atomic mass is 10.2. The third kappa shape index (κ3) is 7.36. The zero-order valence-corrected chi connectivity index (χ0v) is 10.7. The maximum Gasteiger partial charge on any atom is 0.263 e. The molecule has 0 radical (unpaired) electrons. The fourth-order valence-corrected chi connectivity index (χ4v) is 1.01. The molecule has 5 heteroatoms. The highest BCUT2D eigenvalue weighted by Crippen LogP contribution is 1.94. The molecule has 1 unspecified atom stereocenters. The number of methoxy groups -OCH3 is 1. The molecular formula is C12H21N3O2. The van der Waals surface area contributed by atoms with E-state index >= 15 is 0 Å². The van der Waals surface area contributed by atoms with Crippen LogP contribution in [0, 0.1) is 11.3 Å². The van der Waals surface area contributed by atoms with E-state index in [2.05, 4.69) is 10.6 Å². The van der Waals surface area contributed by atoms with Gasteiger partial charge in [0.2, 0.25) is 0 Å². The van der Waals surface area contributed by atoms with E-state index in [9.17, 15) is 4.79 Å². The van der Waals surface area contributed by atoms with Crippen molar-refractivity contribution in [1.29, 1.82) is 5.26 Å².